The molecule has 1 aromatic rings. The van der Waals surface area contributed by atoms with E-state index < -0.39 is 5.91 Å². The Morgan fingerprint density at radius 2 is 1.83 bits per heavy atom. The first-order valence-electron chi connectivity index (χ1n) is 7.75. The van der Waals surface area contributed by atoms with Gasteiger partial charge < -0.3 is 4.90 Å². The Morgan fingerprint density at radius 1 is 1.21 bits per heavy atom. The number of amides is 3. The van der Waals surface area contributed by atoms with Crippen LogP contribution in [-0.4, -0.2) is 46.5 Å². The number of hydrogen-bond donors (Lipinski definition) is 0. The molecule has 3 amide bonds. The third kappa shape index (κ3) is 4.23. The molecule has 24 heavy (non-hydrogen) atoms. The molecule has 7 heteroatoms. The van der Waals surface area contributed by atoms with Gasteiger partial charge in [0.15, 0.2) is 0 Å². The molecular formula is C17H19FN2O3S. The average Bonchev–Trinajstić information content (AvgIpc) is 2.82. The monoisotopic (exact) mass is 350 g/mol. The fraction of sp³-hybridized carbons (Fsp3) is 0.353. The molecule has 0 aliphatic carbocycles. The van der Waals surface area contributed by atoms with Crippen LogP contribution in [0.2, 0.25) is 0 Å². The highest BCUT2D eigenvalue weighted by Crippen LogP contribution is 2.32. The van der Waals surface area contributed by atoms with Crippen molar-refractivity contribution >= 4 is 34.9 Å². The van der Waals surface area contributed by atoms with Gasteiger partial charge in [-0.1, -0.05) is 12.1 Å². The van der Waals surface area contributed by atoms with Gasteiger partial charge >= 0.3 is 0 Å². The number of nitrogens with zero attached hydrogens (tertiary/aromatic N) is 2. The summed E-state index contributed by atoms with van der Waals surface area (Å²) >= 11 is 0.832. The first kappa shape index (κ1) is 18.2. The van der Waals surface area contributed by atoms with Gasteiger partial charge in [0, 0.05) is 26.1 Å². The standard InChI is InChI=1S/C17H19FN2O3S/c1-3-19(4-2)15(21)9-10-20-16(22)14(24-17(20)23)11-12-5-7-13(18)8-6-12/h5-8,11H,3-4,9-10H2,1-2H3. The molecule has 5 nitrogen and oxygen atoms in total. The Hall–Kier alpha value is -2.15. The van der Waals surface area contributed by atoms with Gasteiger partial charge in [-0.2, -0.15) is 0 Å². The predicted molar refractivity (Wildman–Crippen MR) is 91.6 cm³/mol. The number of thioether (sulfide) groups is 1. The highest BCUT2D eigenvalue weighted by atomic mass is 32.2. The number of benzene rings is 1. The lowest BCUT2D eigenvalue weighted by atomic mass is 10.2. The summed E-state index contributed by atoms with van der Waals surface area (Å²) in [5, 5.41) is -0.388. The number of carbonyl (C=O) groups excluding carboxylic acids is 3. The van der Waals surface area contributed by atoms with Crippen molar-refractivity contribution in [3.05, 3.63) is 40.6 Å². The summed E-state index contributed by atoms with van der Waals surface area (Å²) in [7, 11) is 0. The van der Waals surface area contributed by atoms with Crippen molar-refractivity contribution in [1.29, 1.82) is 0 Å². The summed E-state index contributed by atoms with van der Waals surface area (Å²) in [6.45, 7) is 5.03. The normalized spacial score (nSPS) is 16.1. The highest BCUT2D eigenvalue weighted by Gasteiger charge is 2.35. The van der Waals surface area contributed by atoms with Gasteiger partial charge in [0.2, 0.25) is 5.91 Å². The molecule has 128 valence electrons. The van der Waals surface area contributed by atoms with E-state index >= 15 is 0 Å². The summed E-state index contributed by atoms with van der Waals surface area (Å²) in [6, 6.07) is 5.65. The summed E-state index contributed by atoms with van der Waals surface area (Å²) in [5.74, 6) is -0.863. The topological polar surface area (TPSA) is 57.7 Å². The molecule has 1 heterocycles. The molecule has 0 spiro atoms. The van der Waals surface area contributed by atoms with Crippen LogP contribution in [0.25, 0.3) is 6.08 Å². The van der Waals surface area contributed by atoms with E-state index in [1.807, 2.05) is 13.8 Å². The lowest BCUT2D eigenvalue weighted by Gasteiger charge is -2.20. The Bertz CT molecular complexity index is 669. The lowest BCUT2D eigenvalue weighted by molar-refractivity contribution is -0.131. The van der Waals surface area contributed by atoms with Crippen LogP contribution in [-0.2, 0) is 9.59 Å². The fourth-order valence-corrected chi connectivity index (χ4v) is 3.21. The van der Waals surface area contributed by atoms with Crippen LogP contribution in [0.1, 0.15) is 25.8 Å². The summed E-state index contributed by atoms with van der Waals surface area (Å²) in [6.07, 6.45) is 1.67. The maximum atomic E-state index is 12.9. The first-order valence-corrected chi connectivity index (χ1v) is 8.56. The van der Waals surface area contributed by atoms with Crippen molar-refractivity contribution in [3.8, 4) is 0 Å². The number of hydrogen-bond acceptors (Lipinski definition) is 4. The number of halogens is 1. The zero-order valence-electron chi connectivity index (χ0n) is 13.6. The van der Waals surface area contributed by atoms with E-state index in [4.69, 9.17) is 0 Å². The van der Waals surface area contributed by atoms with Gasteiger partial charge in [-0.15, -0.1) is 0 Å². The fourth-order valence-electron chi connectivity index (χ4n) is 2.35. The Kier molecular flexibility index (Phi) is 6.14. The summed E-state index contributed by atoms with van der Waals surface area (Å²) in [4.78, 5) is 39.4. The van der Waals surface area contributed by atoms with Crippen molar-refractivity contribution in [2.24, 2.45) is 0 Å². The third-order valence-electron chi connectivity index (χ3n) is 3.71. The molecule has 1 aromatic carbocycles. The molecule has 0 bridgehead atoms. The summed E-state index contributed by atoms with van der Waals surface area (Å²) < 4.78 is 12.9. The van der Waals surface area contributed by atoms with Crippen LogP contribution >= 0.6 is 11.8 Å². The average molecular weight is 350 g/mol. The van der Waals surface area contributed by atoms with Crippen molar-refractivity contribution < 1.29 is 18.8 Å². The molecule has 0 saturated carbocycles. The molecule has 0 unspecified atom stereocenters. The van der Waals surface area contributed by atoms with Gasteiger partial charge in [-0.05, 0) is 49.4 Å². The molecule has 1 fully saturated rings. The predicted octanol–water partition coefficient (Wildman–Crippen LogP) is 3.12. The summed E-state index contributed by atoms with van der Waals surface area (Å²) in [5.41, 5.74) is 0.640. The number of imide groups is 1. The molecule has 1 aliphatic rings. The number of rotatable bonds is 6. The van der Waals surface area contributed by atoms with Gasteiger partial charge in [0.1, 0.15) is 5.82 Å². The van der Waals surface area contributed by atoms with Crippen LogP contribution in [0.3, 0.4) is 0 Å². The third-order valence-corrected chi connectivity index (χ3v) is 4.61. The second-order valence-corrected chi connectivity index (χ2v) is 6.19. The van der Waals surface area contributed by atoms with Crippen LogP contribution < -0.4 is 0 Å². The van der Waals surface area contributed by atoms with E-state index in [0.29, 0.717) is 18.7 Å². The van der Waals surface area contributed by atoms with Crippen LogP contribution in [0.5, 0.6) is 0 Å². The maximum absolute atomic E-state index is 12.9. The van der Waals surface area contributed by atoms with E-state index in [-0.39, 0.29) is 34.8 Å². The van der Waals surface area contributed by atoms with Crippen LogP contribution in [0.15, 0.2) is 29.2 Å². The number of carbonyl (C=O) groups is 3. The smallest absolute Gasteiger partial charge is 0.293 e. The zero-order chi connectivity index (χ0) is 17.7. The molecule has 0 aromatic heterocycles. The minimum atomic E-state index is -0.415. The maximum Gasteiger partial charge on any atom is 0.293 e. The largest absolute Gasteiger partial charge is 0.343 e. The van der Waals surface area contributed by atoms with E-state index in [1.165, 1.54) is 24.3 Å². The van der Waals surface area contributed by atoms with E-state index in [0.717, 1.165) is 16.7 Å². The SMILES string of the molecule is CCN(CC)C(=O)CCN1C(=O)SC(=Cc2ccc(F)cc2)C1=O. The first-order chi connectivity index (χ1) is 11.5. The second kappa shape index (κ2) is 8.10. The van der Waals surface area contributed by atoms with Crippen LogP contribution in [0, 0.1) is 5.82 Å². The zero-order valence-corrected chi connectivity index (χ0v) is 14.4. The van der Waals surface area contributed by atoms with Crippen LogP contribution in [0.4, 0.5) is 9.18 Å². The quantitative estimate of drug-likeness (QED) is 0.740. The minimum absolute atomic E-state index is 0.0702. The van der Waals surface area contributed by atoms with Gasteiger partial charge in [0.25, 0.3) is 11.1 Å². The second-order valence-electron chi connectivity index (χ2n) is 5.20. The van der Waals surface area contributed by atoms with E-state index in [1.54, 1.807) is 11.0 Å². The van der Waals surface area contributed by atoms with E-state index in [9.17, 15) is 18.8 Å². The van der Waals surface area contributed by atoms with Crippen molar-refractivity contribution in [2.45, 2.75) is 20.3 Å². The lowest BCUT2D eigenvalue weighted by Crippen LogP contribution is -2.36. The Balaban J connectivity index is 2.03. The van der Waals surface area contributed by atoms with Gasteiger partial charge in [-0.3, -0.25) is 19.3 Å². The molecule has 0 atom stereocenters. The van der Waals surface area contributed by atoms with Gasteiger partial charge in [-0.25, -0.2) is 4.39 Å². The van der Waals surface area contributed by atoms with Crippen molar-refractivity contribution in [2.75, 3.05) is 19.6 Å². The molecule has 0 N–H and O–H groups in total. The molecule has 1 aliphatic heterocycles. The molecular weight excluding hydrogens is 331 g/mol. The van der Waals surface area contributed by atoms with E-state index in [2.05, 4.69) is 0 Å². The van der Waals surface area contributed by atoms with Gasteiger partial charge in [0.05, 0.1) is 4.91 Å². The molecule has 1 saturated heterocycles. The molecule has 2 rings (SSSR count). The minimum Gasteiger partial charge on any atom is -0.343 e. The Labute approximate surface area is 144 Å². The molecule has 0 radical (unpaired) electrons. The van der Waals surface area contributed by atoms with Crippen molar-refractivity contribution in [3.63, 3.8) is 0 Å². The van der Waals surface area contributed by atoms with Crippen molar-refractivity contribution in [1.82, 2.24) is 9.80 Å². The highest BCUT2D eigenvalue weighted by molar-refractivity contribution is 8.18. The Morgan fingerprint density at radius 3 is 2.42 bits per heavy atom.